The van der Waals surface area contributed by atoms with Crippen molar-refractivity contribution in [2.75, 3.05) is 19.8 Å². The summed E-state index contributed by atoms with van der Waals surface area (Å²) < 4.78 is 5.28. The van der Waals surface area contributed by atoms with Gasteiger partial charge in [0.25, 0.3) is 0 Å². The molecule has 1 unspecified atom stereocenters. The summed E-state index contributed by atoms with van der Waals surface area (Å²) >= 11 is 0. The standard InChI is InChI=1S/C13H24N2O4/c1-9-8-19-7-6-15(9)11(18)14-13(4,5)12(2,3)10(16)17/h9H,6-8H2,1-5H3,(H,14,18)(H,16,17). The summed E-state index contributed by atoms with van der Waals surface area (Å²) in [5.74, 6) is -0.937. The van der Waals surface area contributed by atoms with Crippen LogP contribution >= 0.6 is 0 Å². The van der Waals surface area contributed by atoms with Gasteiger partial charge in [-0.3, -0.25) is 4.79 Å². The number of nitrogens with zero attached hydrogens (tertiary/aromatic N) is 1. The number of hydrogen-bond acceptors (Lipinski definition) is 3. The summed E-state index contributed by atoms with van der Waals surface area (Å²) in [6.45, 7) is 10.1. The number of ether oxygens (including phenoxy) is 1. The van der Waals surface area contributed by atoms with Crippen molar-refractivity contribution in [1.29, 1.82) is 0 Å². The van der Waals surface area contributed by atoms with Crippen LogP contribution in [-0.4, -0.2) is 53.3 Å². The van der Waals surface area contributed by atoms with E-state index in [1.165, 1.54) is 0 Å². The van der Waals surface area contributed by atoms with Crippen LogP contribution in [0.3, 0.4) is 0 Å². The smallest absolute Gasteiger partial charge is 0.318 e. The van der Waals surface area contributed by atoms with E-state index in [-0.39, 0.29) is 12.1 Å². The first-order chi connectivity index (χ1) is 8.59. The first kappa shape index (κ1) is 15.8. The van der Waals surface area contributed by atoms with Crippen molar-refractivity contribution in [1.82, 2.24) is 10.2 Å². The Kier molecular flexibility index (Phi) is 4.45. The van der Waals surface area contributed by atoms with Gasteiger partial charge in [0.2, 0.25) is 0 Å². The Bertz CT molecular complexity index is 366. The minimum absolute atomic E-state index is 0.00232. The largest absolute Gasteiger partial charge is 0.481 e. The van der Waals surface area contributed by atoms with E-state index in [1.54, 1.807) is 32.6 Å². The Morgan fingerprint density at radius 3 is 2.37 bits per heavy atom. The van der Waals surface area contributed by atoms with Gasteiger partial charge in [-0.1, -0.05) is 0 Å². The molecule has 0 saturated carbocycles. The van der Waals surface area contributed by atoms with E-state index in [9.17, 15) is 14.7 Å². The molecule has 1 rings (SSSR count). The van der Waals surface area contributed by atoms with Crippen molar-refractivity contribution in [2.24, 2.45) is 5.41 Å². The summed E-state index contributed by atoms with van der Waals surface area (Å²) in [7, 11) is 0. The van der Waals surface area contributed by atoms with Crippen LogP contribution in [-0.2, 0) is 9.53 Å². The molecule has 2 N–H and O–H groups in total. The normalized spacial score (nSPS) is 21.1. The quantitative estimate of drug-likeness (QED) is 0.812. The van der Waals surface area contributed by atoms with Crippen LogP contribution in [0.1, 0.15) is 34.6 Å². The highest BCUT2D eigenvalue weighted by Gasteiger charge is 2.45. The molecule has 1 heterocycles. The molecule has 1 aliphatic heterocycles. The molecule has 1 atom stereocenters. The number of morpholine rings is 1. The second-order valence-corrected chi connectivity index (χ2v) is 6.10. The maximum Gasteiger partial charge on any atom is 0.318 e. The molecule has 0 bridgehead atoms. The van der Waals surface area contributed by atoms with Gasteiger partial charge in [0.1, 0.15) is 0 Å². The number of carboxylic acids is 1. The van der Waals surface area contributed by atoms with Gasteiger partial charge in [0, 0.05) is 6.54 Å². The number of urea groups is 1. The molecule has 0 spiro atoms. The third-order valence-corrected chi connectivity index (χ3v) is 4.15. The Labute approximate surface area is 114 Å². The number of amides is 2. The average molecular weight is 272 g/mol. The lowest BCUT2D eigenvalue weighted by Crippen LogP contribution is -2.61. The van der Waals surface area contributed by atoms with Crippen LogP contribution in [0.4, 0.5) is 4.79 Å². The number of aliphatic carboxylic acids is 1. The molecular formula is C13H24N2O4. The van der Waals surface area contributed by atoms with Gasteiger partial charge in [-0.2, -0.15) is 0 Å². The van der Waals surface area contributed by atoms with E-state index in [1.807, 2.05) is 6.92 Å². The summed E-state index contributed by atoms with van der Waals surface area (Å²) in [6.07, 6.45) is 0. The lowest BCUT2D eigenvalue weighted by atomic mass is 9.74. The van der Waals surface area contributed by atoms with Crippen LogP contribution in [0.5, 0.6) is 0 Å². The maximum absolute atomic E-state index is 12.3. The summed E-state index contributed by atoms with van der Waals surface area (Å²) in [5, 5.41) is 12.1. The van der Waals surface area contributed by atoms with E-state index < -0.39 is 16.9 Å². The molecular weight excluding hydrogens is 248 g/mol. The van der Waals surface area contributed by atoms with Gasteiger partial charge in [0.15, 0.2) is 0 Å². The maximum atomic E-state index is 12.3. The molecule has 1 fully saturated rings. The fourth-order valence-corrected chi connectivity index (χ4v) is 1.79. The van der Waals surface area contributed by atoms with Crippen molar-refractivity contribution in [3.8, 4) is 0 Å². The zero-order valence-corrected chi connectivity index (χ0v) is 12.3. The number of hydrogen-bond donors (Lipinski definition) is 2. The van der Waals surface area contributed by atoms with Crippen LogP contribution in [0.25, 0.3) is 0 Å². The van der Waals surface area contributed by atoms with E-state index in [0.29, 0.717) is 19.8 Å². The first-order valence-electron chi connectivity index (χ1n) is 6.49. The van der Waals surface area contributed by atoms with Crippen LogP contribution in [0, 0.1) is 5.41 Å². The Morgan fingerprint density at radius 1 is 1.32 bits per heavy atom. The third-order valence-electron chi connectivity index (χ3n) is 4.15. The van der Waals surface area contributed by atoms with E-state index in [2.05, 4.69) is 5.32 Å². The first-order valence-corrected chi connectivity index (χ1v) is 6.49. The molecule has 6 heteroatoms. The van der Waals surface area contributed by atoms with Gasteiger partial charge in [0.05, 0.1) is 30.2 Å². The molecule has 0 aromatic rings. The molecule has 0 aliphatic carbocycles. The molecule has 6 nitrogen and oxygen atoms in total. The molecule has 19 heavy (non-hydrogen) atoms. The van der Waals surface area contributed by atoms with Gasteiger partial charge in [-0.15, -0.1) is 0 Å². The molecule has 1 saturated heterocycles. The van der Waals surface area contributed by atoms with Crippen LogP contribution in [0.2, 0.25) is 0 Å². The predicted octanol–water partition coefficient (Wildman–Crippen LogP) is 1.31. The molecule has 110 valence electrons. The van der Waals surface area contributed by atoms with Crippen LogP contribution < -0.4 is 5.32 Å². The molecule has 2 amide bonds. The van der Waals surface area contributed by atoms with Gasteiger partial charge in [-0.05, 0) is 34.6 Å². The van der Waals surface area contributed by atoms with Crippen molar-refractivity contribution in [3.63, 3.8) is 0 Å². The summed E-state index contributed by atoms with van der Waals surface area (Å²) in [4.78, 5) is 25.2. The summed E-state index contributed by atoms with van der Waals surface area (Å²) in [6, 6.07) is -0.243. The lowest BCUT2D eigenvalue weighted by molar-refractivity contribution is -0.150. The Hall–Kier alpha value is -1.30. The van der Waals surface area contributed by atoms with Crippen molar-refractivity contribution >= 4 is 12.0 Å². The predicted molar refractivity (Wildman–Crippen MR) is 71.0 cm³/mol. The Morgan fingerprint density at radius 2 is 1.89 bits per heavy atom. The highest BCUT2D eigenvalue weighted by molar-refractivity contribution is 5.80. The molecule has 0 aromatic heterocycles. The minimum Gasteiger partial charge on any atom is -0.481 e. The minimum atomic E-state index is -1.06. The molecule has 0 aromatic carbocycles. The fraction of sp³-hybridized carbons (Fsp3) is 0.846. The number of rotatable bonds is 3. The highest BCUT2D eigenvalue weighted by atomic mass is 16.5. The van der Waals surface area contributed by atoms with Crippen molar-refractivity contribution in [3.05, 3.63) is 0 Å². The second-order valence-electron chi connectivity index (χ2n) is 6.10. The lowest BCUT2D eigenvalue weighted by Gasteiger charge is -2.42. The van der Waals surface area contributed by atoms with E-state index in [4.69, 9.17) is 4.74 Å². The monoisotopic (exact) mass is 272 g/mol. The topological polar surface area (TPSA) is 78.9 Å². The average Bonchev–Trinajstić information content (AvgIpc) is 2.28. The SMILES string of the molecule is CC1COCCN1C(=O)NC(C)(C)C(C)(C)C(=O)O. The van der Waals surface area contributed by atoms with Gasteiger partial charge in [-0.25, -0.2) is 4.79 Å². The van der Waals surface area contributed by atoms with Gasteiger partial charge < -0.3 is 20.1 Å². The van der Waals surface area contributed by atoms with Crippen molar-refractivity contribution in [2.45, 2.75) is 46.2 Å². The number of carboxylic acid groups (broad SMARTS) is 1. The summed E-state index contributed by atoms with van der Waals surface area (Å²) in [5.41, 5.74) is -1.91. The fourth-order valence-electron chi connectivity index (χ4n) is 1.79. The third kappa shape index (κ3) is 3.18. The van der Waals surface area contributed by atoms with Crippen molar-refractivity contribution < 1.29 is 19.4 Å². The van der Waals surface area contributed by atoms with Gasteiger partial charge >= 0.3 is 12.0 Å². The van der Waals surface area contributed by atoms with Crippen LogP contribution in [0.15, 0.2) is 0 Å². The molecule has 0 radical (unpaired) electrons. The zero-order chi connectivity index (χ0) is 14.8. The second kappa shape index (κ2) is 5.36. The number of nitrogens with one attached hydrogen (secondary N) is 1. The number of carbonyl (C=O) groups excluding carboxylic acids is 1. The number of carbonyl (C=O) groups is 2. The van der Waals surface area contributed by atoms with E-state index in [0.717, 1.165) is 0 Å². The van der Waals surface area contributed by atoms with E-state index >= 15 is 0 Å². The zero-order valence-electron chi connectivity index (χ0n) is 12.3. The Balaban J connectivity index is 2.77. The molecule has 1 aliphatic rings. The highest BCUT2D eigenvalue weighted by Crippen LogP contribution is 2.31.